The third-order valence-electron chi connectivity index (χ3n) is 7.06. The molecule has 0 spiro atoms. The molecule has 2 atom stereocenters. The molecule has 1 aromatic heterocycles. The van der Waals surface area contributed by atoms with E-state index in [4.69, 9.17) is 5.11 Å². The number of anilines is 1. The van der Waals surface area contributed by atoms with E-state index in [9.17, 15) is 13.6 Å². The maximum atomic E-state index is 15.6. The number of hydrogen-bond acceptors (Lipinski definition) is 3. The second-order valence-corrected chi connectivity index (χ2v) is 10.3. The minimum absolute atomic E-state index is 0.0605. The van der Waals surface area contributed by atoms with Crippen LogP contribution < -0.4 is 4.90 Å². The molecule has 0 amide bonds. The molecule has 2 aliphatic heterocycles. The van der Waals surface area contributed by atoms with Crippen molar-refractivity contribution in [2.24, 2.45) is 5.92 Å². The van der Waals surface area contributed by atoms with Crippen LogP contribution in [0.2, 0.25) is 0 Å². The number of benzene rings is 2. The van der Waals surface area contributed by atoms with Crippen molar-refractivity contribution in [3.8, 4) is 0 Å². The highest BCUT2D eigenvalue weighted by Crippen LogP contribution is 2.44. The Kier molecular flexibility index (Phi) is 5.58. The minimum Gasteiger partial charge on any atom is -0.481 e. The maximum absolute atomic E-state index is 15.6. The summed E-state index contributed by atoms with van der Waals surface area (Å²) in [4.78, 5) is 17.7. The van der Waals surface area contributed by atoms with Gasteiger partial charge in [-0.3, -0.25) is 9.69 Å². The Bertz CT molecular complexity index is 1290. The second kappa shape index (κ2) is 8.26. The molecule has 186 valence electrons. The molecule has 5 rings (SSSR count). The molecule has 2 aliphatic rings. The van der Waals surface area contributed by atoms with Gasteiger partial charge in [0.2, 0.25) is 0 Å². The normalized spacial score (nSPS) is 21.3. The van der Waals surface area contributed by atoms with E-state index in [1.165, 1.54) is 38.1 Å². The Morgan fingerprint density at radius 1 is 1.14 bits per heavy atom. The van der Waals surface area contributed by atoms with Gasteiger partial charge in [0.25, 0.3) is 0 Å². The van der Waals surface area contributed by atoms with Crippen LogP contribution in [0, 0.1) is 23.4 Å². The number of hydrogen-bond donors (Lipinski definition) is 2. The molecule has 3 aromatic rings. The molecule has 1 fully saturated rings. The van der Waals surface area contributed by atoms with Gasteiger partial charge in [0.15, 0.2) is 0 Å². The lowest BCUT2D eigenvalue weighted by atomic mass is 9.87. The monoisotopic (exact) mass is 489 g/mol. The molecule has 0 saturated carbocycles. The van der Waals surface area contributed by atoms with Crippen molar-refractivity contribution in [1.29, 1.82) is 0 Å². The van der Waals surface area contributed by atoms with Gasteiger partial charge in [-0.05, 0) is 63.1 Å². The summed E-state index contributed by atoms with van der Waals surface area (Å²) in [6.07, 6.45) is 0.469. The van der Waals surface area contributed by atoms with Crippen molar-refractivity contribution in [1.82, 2.24) is 9.88 Å². The number of nitrogens with one attached hydrogen (secondary N) is 1. The van der Waals surface area contributed by atoms with E-state index in [0.717, 1.165) is 5.56 Å². The molecule has 2 N–H and O–H groups in total. The second-order valence-electron chi connectivity index (χ2n) is 10.3. The van der Waals surface area contributed by atoms with Crippen LogP contribution in [0.3, 0.4) is 0 Å². The van der Waals surface area contributed by atoms with Gasteiger partial charge in [-0.15, -0.1) is 0 Å². The van der Waals surface area contributed by atoms with Crippen LogP contribution in [0.15, 0.2) is 30.3 Å². The number of fused-ring (bicyclic) bond motifs is 3. The van der Waals surface area contributed by atoms with Gasteiger partial charge in [-0.1, -0.05) is 0 Å². The van der Waals surface area contributed by atoms with Gasteiger partial charge in [-0.25, -0.2) is 17.6 Å². The van der Waals surface area contributed by atoms with Crippen LogP contribution in [0.25, 0.3) is 10.9 Å². The fraction of sp³-hybridized carbons (Fsp3) is 0.423. The molecule has 9 heteroatoms. The van der Waals surface area contributed by atoms with E-state index >= 15 is 8.78 Å². The highest BCUT2D eigenvalue weighted by molar-refractivity contribution is 5.85. The van der Waals surface area contributed by atoms with Crippen LogP contribution in [-0.2, 0) is 11.2 Å². The third kappa shape index (κ3) is 4.16. The van der Waals surface area contributed by atoms with Crippen molar-refractivity contribution < 1.29 is 27.5 Å². The Hall–Kier alpha value is -3.07. The predicted molar refractivity (Wildman–Crippen MR) is 125 cm³/mol. The number of rotatable bonds is 5. The number of carboxylic acid groups (broad SMARTS) is 1. The van der Waals surface area contributed by atoms with Crippen LogP contribution in [0.5, 0.6) is 0 Å². The number of aliphatic carboxylic acids is 1. The van der Waals surface area contributed by atoms with Crippen molar-refractivity contribution >= 4 is 22.6 Å². The van der Waals surface area contributed by atoms with Gasteiger partial charge in [-0.2, -0.15) is 0 Å². The number of carboxylic acids is 1. The zero-order valence-electron chi connectivity index (χ0n) is 19.7. The molecule has 5 nitrogen and oxygen atoms in total. The number of aromatic nitrogens is 1. The van der Waals surface area contributed by atoms with E-state index in [2.05, 4.69) is 4.98 Å². The molecule has 35 heavy (non-hydrogen) atoms. The summed E-state index contributed by atoms with van der Waals surface area (Å²) >= 11 is 0. The van der Waals surface area contributed by atoms with E-state index < -0.39 is 41.0 Å². The third-order valence-corrected chi connectivity index (χ3v) is 7.06. The summed E-state index contributed by atoms with van der Waals surface area (Å²) in [5, 5.41) is 9.75. The lowest BCUT2D eigenvalue weighted by Gasteiger charge is -2.43. The topological polar surface area (TPSA) is 59.6 Å². The average Bonchev–Trinajstić information content (AvgIpc) is 3.04. The summed E-state index contributed by atoms with van der Waals surface area (Å²) in [6.45, 7) is 5.00. The number of halogens is 4. The number of H-pyrrole nitrogens is 1. The maximum Gasteiger partial charge on any atom is 0.310 e. The lowest BCUT2D eigenvalue weighted by Crippen LogP contribution is -2.50. The molecule has 0 bridgehead atoms. The Balaban J connectivity index is 1.63. The Morgan fingerprint density at radius 3 is 2.40 bits per heavy atom. The van der Waals surface area contributed by atoms with E-state index in [-0.39, 0.29) is 36.9 Å². The summed E-state index contributed by atoms with van der Waals surface area (Å²) in [5.41, 5.74) is 0.355. The molecule has 0 aliphatic carbocycles. The zero-order chi connectivity index (χ0) is 25.2. The SMILES string of the molecule is CC1Cc2c([nH]c3ccc(F)cc23)[C@@H](c2c(F)cc(N3CC(C(=O)O)C3)cc2F)N1CC(C)(C)F. The van der Waals surface area contributed by atoms with E-state index in [1.807, 2.05) is 6.92 Å². The Morgan fingerprint density at radius 2 is 1.80 bits per heavy atom. The van der Waals surface area contributed by atoms with E-state index in [1.54, 1.807) is 15.9 Å². The zero-order valence-corrected chi connectivity index (χ0v) is 19.7. The Labute approximate surface area is 200 Å². The minimum atomic E-state index is -1.63. The molecule has 2 aromatic carbocycles. The summed E-state index contributed by atoms with van der Waals surface area (Å²) in [7, 11) is 0. The predicted octanol–water partition coefficient (Wildman–Crippen LogP) is 5.19. The molecule has 3 heterocycles. The highest BCUT2D eigenvalue weighted by atomic mass is 19.1. The first-order valence-electron chi connectivity index (χ1n) is 11.6. The van der Waals surface area contributed by atoms with Gasteiger partial charge in [0.05, 0.1) is 12.0 Å². The molecule has 0 radical (unpaired) electrons. The molecule has 1 unspecified atom stereocenters. The van der Waals surface area contributed by atoms with Gasteiger partial charge in [0.1, 0.15) is 23.1 Å². The van der Waals surface area contributed by atoms with Gasteiger partial charge in [0, 0.05) is 53.5 Å². The number of carbonyl (C=O) groups is 1. The quantitative estimate of drug-likeness (QED) is 0.485. The van der Waals surface area contributed by atoms with E-state index in [0.29, 0.717) is 23.0 Å². The molecular weight excluding hydrogens is 462 g/mol. The number of aromatic amines is 1. The van der Waals surface area contributed by atoms with Crippen molar-refractivity contribution in [2.45, 2.75) is 44.9 Å². The number of alkyl halides is 1. The van der Waals surface area contributed by atoms with Gasteiger partial charge >= 0.3 is 5.97 Å². The first kappa shape index (κ1) is 23.7. The fourth-order valence-corrected chi connectivity index (χ4v) is 5.38. The fourth-order valence-electron chi connectivity index (χ4n) is 5.38. The summed E-state index contributed by atoms with van der Waals surface area (Å²) in [5.74, 6) is -3.52. The first-order valence-corrected chi connectivity index (χ1v) is 11.6. The first-order chi connectivity index (χ1) is 16.4. The van der Waals surface area contributed by atoms with Gasteiger partial charge < -0.3 is 15.0 Å². The summed E-state index contributed by atoms with van der Waals surface area (Å²) < 4.78 is 60.2. The highest BCUT2D eigenvalue weighted by Gasteiger charge is 2.41. The largest absolute Gasteiger partial charge is 0.481 e. The summed E-state index contributed by atoms with van der Waals surface area (Å²) in [6, 6.07) is 5.51. The number of nitrogens with zero attached hydrogens (tertiary/aromatic N) is 2. The lowest BCUT2D eigenvalue weighted by molar-refractivity contribution is -0.142. The molecule has 1 saturated heterocycles. The van der Waals surface area contributed by atoms with Crippen LogP contribution >= 0.6 is 0 Å². The van der Waals surface area contributed by atoms with Crippen LogP contribution in [0.1, 0.15) is 43.6 Å². The average molecular weight is 490 g/mol. The smallest absolute Gasteiger partial charge is 0.310 e. The van der Waals surface area contributed by atoms with Crippen molar-refractivity contribution in [3.63, 3.8) is 0 Å². The van der Waals surface area contributed by atoms with Crippen molar-refractivity contribution in [3.05, 3.63) is 64.6 Å². The van der Waals surface area contributed by atoms with Crippen LogP contribution in [-0.4, -0.2) is 52.3 Å². The van der Waals surface area contributed by atoms with Crippen molar-refractivity contribution in [2.75, 3.05) is 24.5 Å². The standard InChI is InChI=1S/C26H27F4N3O2/c1-13-6-18-17-7-15(27)4-5-21(17)31-23(18)24(33(13)12-26(2,3)30)22-19(28)8-16(9-20(22)29)32-10-14(11-32)25(34)35/h4-5,7-9,13-14,24,31H,6,10-12H2,1-3H3,(H,34,35)/t13?,24-/m1/s1. The molecular formula is C26H27F4N3O2. The van der Waals surface area contributed by atoms with Crippen LogP contribution in [0.4, 0.5) is 23.2 Å².